The predicted molar refractivity (Wildman–Crippen MR) is 91.7 cm³/mol. The van der Waals surface area contributed by atoms with Crippen LogP contribution in [0.3, 0.4) is 0 Å². The summed E-state index contributed by atoms with van der Waals surface area (Å²) in [6.07, 6.45) is 1.45. The van der Waals surface area contributed by atoms with Crippen molar-refractivity contribution in [1.82, 2.24) is 19.6 Å². The molecule has 126 valence electrons. The maximum Gasteiger partial charge on any atom is 0.254 e. The fourth-order valence-electron chi connectivity index (χ4n) is 2.37. The second-order valence-corrected chi connectivity index (χ2v) is 6.32. The molecule has 1 unspecified atom stereocenters. The van der Waals surface area contributed by atoms with E-state index in [1.54, 1.807) is 10.6 Å². The molecule has 3 rings (SSSR count). The summed E-state index contributed by atoms with van der Waals surface area (Å²) in [6.45, 7) is 4.50. The summed E-state index contributed by atoms with van der Waals surface area (Å²) < 4.78 is 15.1. The van der Waals surface area contributed by atoms with Gasteiger partial charge in [0.25, 0.3) is 5.78 Å². The molecule has 0 aliphatic rings. The summed E-state index contributed by atoms with van der Waals surface area (Å²) in [5.41, 5.74) is 7.68. The standard InChI is InChI=1S/C16H18ClFN6/c1-9(2)14-6-15(24-16(23-14)21-8-22-24)20-7-13(19)10-3-11(17)5-12(18)4-10/h3-6,8-9,13,20H,7,19H2,1-2H3. The zero-order valence-corrected chi connectivity index (χ0v) is 14.1. The third kappa shape index (κ3) is 3.47. The van der Waals surface area contributed by atoms with Crippen molar-refractivity contribution < 1.29 is 4.39 Å². The molecule has 1 atom stereocenters. The fraction of sp³-hybridized carbons (Fsp3) is 0.312. The number of nitrogens with one attached hydrogen (secondary N) is 1. The Morgan fingerprint density at radius 2 is 2.08 bits per heavy atom. The molecular formula is C16H18ClFN6. The summed E-state index contributed by atoms with van der Waals surface area (Å²) >= 11 is 5.88. The molecule has 24 heavy (non-hydrogen) atoms. The van der Waals surface area contributed by atoms with E-state index in [2.05, 4.69) is 34.2 Å². The van der Waals surface area contributed by atoms with E-state index in [0.717, 1.165) is 11.5 Å². The Morgan fingerprint density at radius 1 is 1.29 bits per heavy atom. The number of nitrogens with zero attached hydrogens (tertiary/aromatic N) is 4. The summed E-state index contributed by atoms with van der Waals surface area (Å²) in [5.74, 6) is 1.10. The maximum absolute atomic E-state index is 13.5. The third-order valence-electron chi connectivity index (χ3n) is 3.68. The van der Waals surface area contributed by atoms with Crippen LogP contribution in [0, 0.1) is 5.82 Å². The van der Waals surface area contributed by atoms with Gasteiger partial charge in [-0.3, -0.25) is 0 Å². The first-order chi connectivity index (χ1) is 11.4. The Labute approximate surface area is 143 Å². The number of benzene rings is 1. The Balaban J connectivity index is 1.83. The topological polar surface area (TPSA) is 81.1 Å². The first-order valence-electron chi connectivity index (χ1n) is 7.60. The molecule has 0 amide bonds. The molecule has 0 saturated carbocycles. The van der Waals surface area contributed by atoms with E-state index in [9.17, 15) is 4.39 Å². The van der Waals surface area contributed by atoms with E-state index in [4.69, 9.17) is 17.3 Å². The molecule has 0 aliphatic carbocycles. The molecule has 6 nitrogen and oxygen atoms in total. The molecule has 3 aromatic rings. The molecule has 1 aromatic carbocycles. The summed E-state index contributed by atoms with van der Waals surface area (Å²) in [4.78, 5) is 8.59. The zero-order valence-electron chi connectivity index (χ0n) is 13.4. The van der Waals surface area contributed by atoms with E-state index in [0.29, 0.717) is 22.9 Å². The lowest BCUT2D eigenvalue weighted by molar-refractivity contribution is 0.621. The SMILES string of the molecule is CC(C)c1cc(NCC(N)c2cc(F)cc(Cl)c2)n2ncnc2n1. The van der Waals surface area contributed by atoms with Gasteiger partial charge in [-0.1, -0.05) is 25.4 Å². The lowest BCUT2D eigenvalue weighted by Crippen LogP contribution is -2.22. The highest BCUT2D eigenvalue weighted by Gasteiger charge is 2.13. The van der Waals surface area contributed by atoms with Crippen molar-refractivity contribution in [3.05, 3.63) is 52.7 Å². The van der Waals surface area contributed by atoms with E-state index in [1.807, 2.05) is 6.07 Å². The van der Waals surface area contributed by atoms with Crippen molar-refractivity contribution >= 4 is 23.2 Å². The quantitative estimate of drug-likeness (QED) is 0.740. The lowest BCUT2D eigenvalue weighted by atomic mass is 10.1. The van der Waals surface area contributed by atoms with E-state index in [-0.39, 0.29) is 5.92 Å². The van der Waals surface area contributed by atoms with Crippen LogP contribution in [0.5, 0.6) is 0 Å². The highest BCUT2D eigenvalue weighted by molar-refractivity contribution is 6.30. The predicted octanol–water partition coefficient (Wildman–Crippen LogP) is 3.15. The number of hydrogen-bond donors (Lipinski definition) is 2. The smallest absolute Gasteiger partial charge is 0.254 e. The van der Waals surface area contributed by atoms with Gasteiger partial charge in [-0.25, -0.2) is 9.37 Å². The van der Waals surface area contributed by atoms with Gasteiger partial charge < -0.3 is 11.1 Å². The third-order valence-corrected chi connectivity index (χ3v) is 3.90. The highest BCUT2D eigenvalue weighted by Crippen LogP contribution is 2.21. The number of rotatable bonds is 5. The second kappa shape index (κ2) is 6.70. The Hall–Kier alpha value is -2.25. The van der Waals surface area contributed by atoms with Gasteiger partial charge in [0.2, 0.25) is 0 Å². The minimum absolute atomic E-state index is 0.253. The summed E-state index contributed by atoms with van der Waals surface area (Å²) in [7, 11) is 0. The number of anilines is 1. The molecule has 2 aromatic heterocycles. The molecule has 0 radical (unpaired) electrons. The molecule has 8 heteroatoms. The van der Waals surface area contributed by atoms with Gasteiger partial charge in [-0.15, -0.1) is 0 Å². The summed E-state index contributed by atoms with van der Waals surface area (Å²) in [6, 6.07) is 5.79. The normalized spacial score (nSPS) is 12.8. The van der Waals surface area contributed by atoms with Crippen LogP contribution in [0.4, 0.5) is 10.2 Å². The van der Waals surface area contributed by atoms with Crippen LogP contribution in [0.1, 0.15) is 37.1 Å². The minimum Gasteiger partial charge on any atom is -0.368 e. The van der Waals surface area contributed by atoms with Gasteiger partial charge in [0, 0.05) is 23.7 Å². The van der Waals surface area contributed by atoms with Gasteiger partial charge >= 0.3 is 0 Å². The van der Waals surface area contributed by atoms with Crippen molar-refractivity contribution in [2.45, 2.75) is 25.8 Å². The number of fused-ring (bicyclic) bond motifs is 1. The Morgan fingerprint density at radius 3 is 2.79 bits per heavy atom. The monoisotopic (exact) mass is 348 g/mol. The van der Waals surface area contributed by atoms with Crippen LogP contribution < -0.4 is 11.1 Å². The lowest BCUT2D eigenvalue weighted by Gasteiger charge is -2.16. The van der Waals surface area contributed by atoms with Crippen LogP contribution in [0.15, 0.2) is 30.6 Å². The van der Waals surface area contributed by atoms with Crippen molar-refractivity contribution in [1.29, 1.82) is 0 Å². The molecule has 0 bridgehead atoms. The van der Waals surface area contributed by atoms with Crippen molar-refractivity contribution in [3.63, 3.8) is 0 Å². The number of hydrogen-bond acceptors (Lipinski definition) is 5. The van der Waals surface area contributed by atoms with Crippen LogP contribution in [-0.4, -0.2) is 26.1 Å². The molecule has 0 saturated heterocycles. The number of aromatic nitrogens is 4. The maximum atomic E-state index is 13.5. The first-order valence-corrected chi connectivity index (χ1v) is 7.98. The highest BCUT2D eigenvalue weighted by atomic mass is 35.5. The largest absolute Gasteiger partial charge is 0.368 e. The van der Waals surface area contributed by atoms with Gasteiger partial charge in [0.15, 0.2) is 0 Å². The van der Waals surface area contributed by atoms with E-state index in [1.165, 1.54) is 18.5 Å². The molecule has 2 heterocycles. The van der Waals surface area contributed by atoms with Crippen molar-refractivity contribution in [3.8, 4) is 0 Å². The van der Waals surface area contributed by atoms with Gasteiger partial charge in [-0.2, -0.15) is 14.6 Å². The Bertz CT molecular complexity index is 843. The van der Waals surface area contributed by atoms with Crippen LogP contribution in [0.25, 0.3) is 5.78 Å². The molecule has 0 aliphatic heterocycles. The first kappa shape index (κ1) is 16.6. The second-order valence-electron chi connectivity index (χ2n) is 5.88. The fourth-order valence-corrected chi connectivity index (χ4v) is 2.60. The minimum atomic E-state index is -0.424. The van der Waals surface area contributed by atoms with Gasteiger partial charge in [-0.05, 0) is 29.7 Å². The average molecular weight is 349 g/mol. The molecule has 0 spiro atoms. The van der Waals surface area contributed by atoms with Crippen molar-refractivity contribution in [2.24, 2.45) is 5.73 Å². The van der Waals surface area contributed by atoms with Crippen LogP contribution in [0.2, 0.25) is 5.02 Å². The summed E-state index contributed by atoms with van der Waals surface area (Å²) in [5, 5.41) is 7.72. The van der Waals surface area contributed by atoms with E-state index < -0.39 is 11.9 Å². The number of halogens is 2. The number of nitrogens with two attached hydrogens (primary N) is 1. The molecule has 3 N–H and O–H groups in total. The zero-order chi connectivity index (χ0) is 17.3. The Kier molecular flexibility index (Phi) is 4.64. The van der Waals surface area contributed by atoms with Gasteiger partial charge in [0.05, 0.1) is 5.69 Å². The molecule has 0 fully saturated rings. The van der Waals surface area contributed by atoms with Crippen LogP contribution in [-0.2, 0) is 0 Å². The molecular weight excluding hydrogens is 331 g/mol. The van der Waals surface area contributed by atoms with Gasteiger partial charge in [0.1, 0.15) is 18.0 Å². The van der Waals surface area contributed by atoms with Crippen molar-refractivity contribution in [2.75, 3.05) is 11.9 Å². The average Bonchev–Trinajstić information content (AvgIpc) is 2.99. The van der Waals surface area contributed by atoms with E-state index >= 15 is 0 Å². The van der Waals surface area contributed by atoms with Crippen LogP contribution >= 0.6 is 11.6 Å².